The Morgan fingerprint density at radius 2 is 2.06 bits per heavy atom. The molecular formula is C18H19BrFN7O4S. The number of halogens is 2. The van der Waals surface area contributed by atoms with Crippen molar-refractivity contribution in [3.63, 3.8) is 0 Å². The summed E-state index contributed by atoms with van der Waals surface area (Å²) in [6.45, 7) is 3.13. The minimum absolute atomic E-state index is 0.101. The van der Waals surface area contributed by atoms with E-state index in [1.807, 2.05) is 0 Å². The molecule has 0 fully saturated rings. The lowest BCUT2D eigenvalue weighted by Gasteiger charge is -2.15. The molecule has 32 heavy (non-hydrogen) atoms. The minimum atomic E-state index is -3.47. The average Bonchev–Trinajstić information content (AvgIpc) is 3.04. The number of amides is 1. The fourth-order valence-corrected chi connectivity index (χ4v) is 3.71. The molecular weight excluding hydrogens is 509 g/mol. The Morgan fingerprint density at radius 1 is 1.34 bits per heavy atom. The van der Waals surface area contributed by atoms with E-state index in [-0.39, 0.29) is 17.1 Å². The maximum atomic E-state index is 14.0. The van der Waals surface area contributed by atoms with Crippen LogP contribution < -0.4 is 10.0 Å². The number of carbonyl (C=O) groups excluding carboxylic acids is 1. The van der Waals surface area contributed by atoms with E-state index in [1.54, 1.807) is 14.0 Å². The Balaban J connectivity index is 1.81. The molecule has 0 saturated carbocycles. The van der Waals surface area contributed by atoms with Crippen molar-refractivity contribution in [1.82, 2.24) is 25.0 Å². The number of sulfonamides is 1. The second kappa shape index (κ2) is 9.16. The average molecular weight is 528 g/mol. The van der Waals surface area contributed by atoms with Crippen LogP contribution in [0.4, 0.5) is 20.7 Å². The normalized spacial score (nSPS) is 12.3. The zero-order chi connectivity index (χ0) is 23.6. The molecule has 0 aliphatic carbocycles. The van der Waals surface area contributed by atoms with Crippen molar-refractivity contribution in [3.8, 4) is 11.4 Å². The summed E-state index contributed by atoms with van der Waals surface area (Å²) < 4.78 is 46.4. The lowest BCUT2D eigenvalue weighted by molar-refractivity contribution is 0.118. The largest absolute Gasteiger partial charge is 0.441 e. The van der Waals surface area contributed by atoms with Crippen LogP contribution in [0.25, 0.3) is 11.4 Å². The highest BCUT2D eigenvalue weighted by atomic mass is 79.9. The molecule has 0 unspecified atom stereocenters. The van der Waals surface area contributed by atoms with Crippen LogP contribution in [0.1, 0.15) is 24.3 Å². The molecule has 0 aliphatic heterocycles. The molecule has 2 N–H and O–H groups in total. The number of nitrogens with one attached hydrogen (secondary N) is 2. The van der Waals surface area contributed by atoms with Crippen molar-refractivity contribution in [2.75, 3.05) is 16.3 Å². The first kappa shape index (κ1) is 23.5. The molecule has 0 bridgehead atoms. The van der Waals surface area contributed by atoms with Crippen LogP contribution in [-0.4, -0.2) is 45.7 Å². The van der Waals surface area contributed by atoms with E-state index in [2.05, 4.69) is 46.2 Å². The summed E-state index contributed by atoms with van der Waals surface area (Å²) in [6.07, 6.45) is 0.542. The summed E-state index contributed by atoms with van der Waals surface area (Å²) in [5, 5.41) is 10.4. The zero-order valence-electron chi connectivity index (χ0n) is 17.4. The lowest BCUT2D eigenvalue weighted by atomic mass is 10.2. The number of aromatic nitrogens is 5. The monoisotopic (exact) mass is 527 g/mol. The number of pyridine rings is 2. The third-order valence-electron chi connectivity index (χ3n) is 4.23. The van der Waals surface area contributed by atoms with Gasteiger partial charge >= 0.3 is 6.09 Å². The first-order valence-corrected chi connectivity index (χ1v) is 11.8. The molecule has 0 aliphatic rings. The van der Waals surface area contributed by atoms with E-state index in [4.69, 9.17) is 4.74 Å². The Morgan fingerprint density at radius 3 is 2.72 bits per heavy atom. The van der Waals surface area contributed by atoms with E-state index in [0.717, 1.165) is 6.26 Å². The fraction of sp³-hybridized carbons (Fsp3) is 0.278. The van der Waals surface area contributed by atoms with E-state index >= 15 is 0 Å². The third-order valence-corrected chi connectivity index (χ3v) is 5.25. The minimum Gasteiger partial charge on any atom is -0.441 e. The molecule has 3 aromatic heterocycles. The smallest absolute Gasteiger partial charge is 0.413 e. The first-order valence-electron chi connectivity index (χ1n) is 9.08. The van der Waals surface area contributed by atoms with Crippen molar-refractivity contribution in [2.24, 2.45) is 7.05 Å². The highest BCUT2D eigenvalue weighted by Gasteiger charge is 2.21. The molecule has 14 heteroatoms. The van der Waals surface area contributed by atoms with Crippen LogP contribution in [0.15, 0.2) is 28.9 Å². The van der Waals surface area contributed by atoms with Crippen LogP contribution in [-0.2, 0) is 21.8 Å². The fourth-order valence-electron chi connectivity index (χ4n) is 2.74. The van der Waals surface area contributed by atoms with Crippen LogP contribution in [0.3, 0.4) is 0 Å². The number of aryl methyl sites for hydroxylation is 2. The van der Waals surface area contributed by atoms with Gasteiger partial charge < -0.3 is 4.74 Å². The molecule has 3 aromatic rings. The SMILES string of the molecule is Cc1nc(-c2nnn(C)c2NC(=O)O[C@H](C)c2cc(Br)cnc2F)ccc1NS(C)(=O)=O. The van der Waals surface area contributed by atoms with Gasteiger partial charge in [0.25, 0.3) is 0 Å². The second-order valence-corrected chi connectivity index (χ2v) is 9.48. The number of nitrogens with zero attached hydrogens (tertiary/aromatic N) is 5. The van der Waals surface area contributed by atoms with Crippen LogP contribution >= 0.6 is 15.9 Å². The van der Waals surface area contributed by atoms with Gasteiger partial charge in [-0.3, -0.25) is 10.0 Å². The Kier molecular flexibility index (Phi) is 6.74. The Bertz CT molecular complexity index is 1280. The molecule has 1 amide bonds. The van der Waals surface area contributed by atoms with E-state index in [1.165, 1.54) is 36.0 Å². The predicted molar refractivity (Wildman–Crippen MR) is 118 cm³/mol. The summed E-state index contributed by atoms with van der Waals surface area (Å²) in [7, 11) is -1.91. The topological polar surface area (TPSA) is 141 Å². The quantitative estimate of drug-likeness (QED) is 0.465. The van der Waals surface area contributed by atoms with Crippen LogP contribution in [0.5, 0.6) is 0 Å². The number of hydrogen-bond donors (Lipinski definition) is 2. The Labute approximate surface area is 191 Å². The summed E-state index contributed by atoms with van der Waals surface area (Å²) in [5.74, 6) is -0.565. The maximum Gasteiger partial charge on any atom is 0.413 e. The highest BCUT2D eigenvalue weighted by molar-refractivity contribution is 9.10. The third kappa shape index (κ3) is 5.56. The van der Waals surface area contributed by atoms with Gasteiger partial charge in [-0.05, 0) is 48.0 Å². The summed E-state index contributed by atoms with van der Waals surface area (Å²) >= 11 is 3.20. The van der Waals surface area contributed by atoms with E-state index < -0.39 is 28.2 Å². The predicted octanol–water partition coefficient (Wildman–Crippen LogP) is 3.16. The number of anilines is 2. The summed E-state index contributed by atoms with van der Waals surface area (Å²) in [6, 6.07) is 4.53. The van der Waals surface area contributed by atoms with Gasteiger partial charge in [-0.1, -0.05) is 5.21 Å². The van der Waals surface area contributed by atoms with Gasteiger partial charge in [-0.25, -0.2) is 27.9 Å². The van der Waals surface area contributed by atoms with E-state index in [9.17, 15) is 17.6 Å². The molecule has 0 radical (unpaired) electrons. The molecule has 11 nitrogen and oxygen atoms in total. The van der Waals surface area contributed by atoms with Gasteiger partial charge in [0.1, 0.15) is 6.10 Å². The van der Waals surface area contributed by atoms with E-state index in [0.29, 0.717) is 21.5 Å². The van der Waals surface area contributed by atoms with Crippen molar-refractivity contribution in [3.05, 3.63) is 46.1 Å². The highest BCUT2D eigenvalue weighted by Crippen LogP contribution is 2.27. The second-order valence-electron chi connectivity index (χ2n) is 6.82. The molecule has 170 valence electrons. The first-order chi connectivity index (χ1) is 14.9. The molecule has 3 rings (SSSR count). The summed E-state index contributed by atoms with van der Waals surface area (Å²) in [4.78, 5) is 20.4. The molecule has 0 spiro atoms. The van der Waals surface area contributed by atoms with Gasteiger partial charge in [-0.15, -0.1) is 5.10 Å². The van der Waals surface area contributed by atoms with Crippen LogP contribution in [0, 0.1) is 12.9 Å². The number of ether oxygens (including phenoxy) is 1. The van der Waals surface area contributed by atoms with Crippen molar-refractivity contribution in [1.29, 1.82) is 0 Å². The van der Waals surface area contributed by atoms with Gasteiger partial charge in [-0.2, -0.15) is 4.39 Å². The molecule has 3 heterocycles. The Hall–Kier alpha value is -3.13. The number of hydrogen-bond acceptors (Lipinski definition) is 8. The molecule has 0 aromatic carbocycles. The van der Waals surface area contributed by atoms with Gasteiger partial charge in [0.15, 0.2) is 11.5 Å². The van der Waals surface area contributed by atoms with Gasteiger partial charge in [0.2, 0.25) is 16.0 Å². The lowest BCUT2D eigenvalue weighted by Crippen LogP contribution is -2.19. The van der Waals surface area contributed by atoms with Crippen molar-refractivity contribution < 1.29 is 22.3 Å². The van der Waals surface area contributed by atoms with Gasteiger partial charge in [0, 0.05) is 23.3 Å². The molecule has 1 atom stereocenters. The zero-order valence-corrected chi connectivity index (χ0v) is 19.8. The van der Waals surface area contributed by atoms with Gasteiger partial charge in [0.05, 0.1) is 23.3 Å². The standard InChI is InChI=1S/C18H19BrFN7O4S/c1-9-13(25-32(4,29)30)5-6-14(22-9)15-17(27(3)26-24-15)23-18(28)31-10(2)12-7-11(19)8-21-16(12)20/h5-8,10,25H,1-4H3,(H,23,28)/t10-/m1/s1. The maximum absolute atomic E-state index is 14.0. The number of carbonyl (C=O) groups is 1. The summed E-state index contributed by atoms with van der Waals surface area (Å²) in [5.41, 5.74) is 1.40. The van der Waals surface area contributed by atoms with Crippen LogP contribution in [0.2, 0.25) is 0 Å². The molecule has 0 saturated heterocycles. The van der Waals surface area contributed by atoms with Crippen molar-refractivity contribution in [2.45, 2.75) is 20.0 Å². The number of rotatable bonds is 6. The van der Waals surface area contributed by atoms with Crippen molar-refractivity contribution >= 4 is 43.6 Å².